The molecule has 1 aliphatic heterocycles. The van der Waals surface area contributed by atoms with Crippen molar-refractivity contribution in [1.29, 1.82) is 0 Å². The molecule has 6 nitrogen and oxygen atoms in total. The van der Waals surface area contributed by atoms with Gasteiger partial charge in [-0.05, 0) is 26.1 Å². The molecule has 0 aliphatic carbocycles. The highest BCUT2D eigenvalue weighted by molar-refractivity contribution is 7.13. The molecule has 1 N–H and O–H groups in total. The Hall–Kier alpha value is -1.96. The Balaban J connectivity index is 1.50. The van der Waals surface area contributed by atoms with E-state index in [9.17, 15) is 0 Å². The Morgan fingerprint density at radius 2 is 2.08 bits per heavy atom. The Morgan fingerprint density at radius 1 is 1.28 bits per heavy atom. The third kappa shape index (κ3) is 5.52. The van der Waals surface area contributed by atoms with Crippen LogP contribution in [0.5, 0.6) is 5.75 Å². The first-order chi connectivity index (χ1) is 12.2. The number of rotatable bonds is 7. The number of para-hydroxylation sites is 1. The van der Waals surface area contributed by atoms with Crippen LogP contribution in [-0.2, 0) is 0 Å². The van der Waals surface area contributed by atoms with Crippen LogP contribution in [0.25, 0.3) is 0 Å². The molecule has 1 aromatic carbocycles. The molecule has 134 valence electrons. The number of thiazole rings is 1. The second kappa shape index (κ2) is 8.94. The largest absolute Gasteiger partial charge is 0.492 e. The van der Waals surface area contributed by atoms with Crippen molar-refractivity contribution in [2.75, 3.05) is 51.8 Å². The molecule has 1 aromatic heterocycles. The summed E-state index contributed by atoms with van der Waals surface area (Å²) >= 11 is 1.54. The van der Waals surface area contributed by atoms with Crippen LogP contribution in [-0.4, -0.2) is 67.4 Å². The molecule has 2 aromatic rings. The lowest BCUT2D eigenvalue weighted by Crippen LogP contribution is -2.45. The number of ether oxygens (including phenoxy) is 1. The maximum atomic E-state index is 5.99. The van der Waals surface area contributed by atoms with E-state index in [2.05, 4.69) is 32.4 Å². The smallest absolute Gasteiger partial charge is 0.203 e. The molecule has 25 heavy (non-hydrogen) atoms. The zero-order chi connectivity index (χ0) is 17.5. The third-order valence-electron chi connectivity index (χ3n) is 4.16. The van der Waals surface area contributed by atoms with E-state index in [1.54, 1.807) is 17.6 Å². The maximum Gasteiger partial charge on any atom is 0.203 e. The highest BCUT2D eigenvalue weighted by atomic mass is 32.1. The van der Waals surface area contributed by atoms with E-state index in [-0.39, 0.29) is 0 Å². The molecule has 0 atom stereocenters. The van der Waals surface area contributed by atoms with Gasteiger partial charge in [-0.3, -0.25) is 10.3 Å². The summed E-state index contributed by atoms with van der Waals surface area (Å²) in [7, 11) is 2.17. The van der Waals surface area contributed by atoms with Gasteiger partial charge < -0.3 is 9.64 Å². The molecule has 3 rings (SSSR count). The molecule has 1 fully saturated rings. The van der Waals surface area contributed by atoms with Gasteiger partial charge in [-0.1, -0.05) is 12.1 Å². The average molecular weight is 359 g/mol. The minimum atomic E-state index is 0.688. The highest BCUT2D eigenvalue weighted by Crippen LogP contribution is 2.17. The Morgan fingerprint density at radius 3 is 2.84 bits per heavy atom. The van der Waals surface area contributed by atoms with Crippen LogP contribution in [0, 0.1) is 6.92 Å². The molecule has 7 heteroatoms. The van der Waals surface area contributed by atoms with E-state index < -0.39 is 0 Å². The number of hydrogen-bond acceptors (Lipinski definition) is 7. The lowest BCUT2D eigenvalue weighted by molar-refractivity contribution is 0.133. The summed E-state index contributed by atoms with van der Waals surface area (Å²) in [5.74, 6) is 0.859. The number of benzene rings is 1. The van der Waals surface area contributed by atoms with Crippen LogP contribution in [0.2, 0.25) is 0 Å². The van der Waals surface area contributed by atoms with Crippen molar-refractivity contribution >= 4 is 22.7 Å². The minimum absolute atomic E-state index is 0.688. The molecule has 0 unspecified atom stereocenters. The van der Waals surface area contributed by atoms with E-state index >= 15 is 0 Å². The SMILES string of the molecule is Cc1csc(NN=Cc2ccccc2OCCN2CCN(C)CC2)n1. The van der Waals surface area contributed by atoms with Crippen molar-refractivity contribution in [3.63, 3.8) is 0 Å². The zero-order valence-electron chi connectivity index (χ0n) is 14.8. The zero-order valence-corrected chi connectivity index (χ0v) is 15.6. The Labute approximate surface area is 153 Å². The first-order valence-electron chi connectivity index (χ1n) is 8.54. The number of nitrogens with zero attached hydrogens (tertiary/aromatic N) is 4. The molecule has 0 saturated carbocycles. The van der Waals surface area contributed by atoms with Gasteiger partial charge in [0.15, 0.2) is 0 Å². The molecular weight excluding hydrogens is 334 g/mol. The molecule has 2 heterocycles. The van der Waals surface area contributed by atoms with Crippen LogP contribution >= 0.6 is 11.3 Å². The molecular formula is C18H25N5OS. The summed E-state index contributed by atoms with van der Waals surface area (Å²) in [6.45, 7) is 8.09. The molecule has 0 bridgehead atoms. The Kier molecular flexibility index (Phi) is 6.38. The number of hydrazone groups is 1. The fraction of sp³-hybridized carbons (Fsp3) is 0.444. The van der Waals surface area contributed by atoms with Crippen molar-refractivity contribution in [2.24, 2.45) is 5.10 Å². The summed E-state index contributed by atoms with van der Waals surface area (Å²) in [6.07, 6.45) is 1.78. The first kappa shape index (κ1) is 17.8. The number of likely N-dealkylation sites (N-methyl/N-ethyl adjacent to an activating group) is 1. The number of piperazine rings is 1. The Bertz CT molecular complexity index is 694. The van der Waals surface area contributed by atoms with Gasteiger partial charge in [-0.15, -0.1) is 11.3 Å². The predicted octanol–water partition coefficient (Wildman–Crippen LogP) is 2.52. The van der Waals surface area contributed by atoms with Crippen molar-refractivity contribution < 1.29 is 4.74 Å². The van der Waals surface area contributed by atoms with Crippen molar-refractivity contribution in [1.82, 2.24) is 14.8 Å². The predicted molar refractivity (Wildman–Crippen MR) is 104 cm³/mol. The lowest BCUT2D eigenvalue weighted by atomic mass is 10.2. The number of anilines is 1. The maximum absolute atomic E-state index is 5.99. The van der Waals surface area contributed by atoms with Gasteiger partial charge in [-0.25, -0.2) is 4.98 Å². The van der Waals surface area contributed by atoms with Crippen LogP contribution in [0.3, 0.4) is 0 Å². The van der Waals surface area contributed by atoms with Gasteiger partial charge in [0.25, 0.3) is 0 Å². The summed E-state index contributed by atoms with van der Waals surface area (Å²) < 4.78 is 5.99. The lowest BCUT2D eigenvalue weighted by Gasteiger charge is -2.32. The van der Waals surface area contributed by atoms with Crippen molar-refractivity contribution in [3.8, 4) is 5.75 Å². The van der Waals surface area contributed by atoms with Gasteiger partial charge in [-0.2, -0.15) is 5.10 Å². The summed E-state index contributed by atoms with van der Waals surface area (Å²) in [5.41, 5.74) is 4.92. The third-order valence-corrected chi connectivity index (χ3v) is 5.03. The van der Waals surface area contributed by atoms with Gasteiger partial charge in [0.2, 0.25) is 5.13 Å². The van der Waals surface area contributed by atoms with Gasteiger partial charge in [0.05, 0.1) is 11.9 Å². The monoisotopic (exact) mass is 359 g/mol. The second-order valence-corrected chi connectivity index (χ2v) is 7.05. The molecule has 0 amide bonds. The highest BCUT2D eigenvalue weighted by Gasteiger charge is 2.13. The van der Waals surface area contributed by atoms with Gasteiger partial charge in [0.1, 0.15) is 12.4 Å². The molecule has 0 spiro atoms. The summed E-state index contributed by atoms with van der Waals surface area (Å²) in [6, 6.07) is 7.96. The average Bonchev–Trinajstić information content (AvgIpc) is 3.03. The topological polar surface area (TPSA) is 53.0 Å². The summed E-state index contributed by atoms with van der Waals surface area (Å²) in [4.78, 5) is 9.13. The van der Waals surface area contributed by atoms with E-state index in [1.807, 2.05) is 36.6 Å². The number of hydrogen-bond donors (Lipinski definition) is 1. The summed E-state index contributed by atoms with van der Waals surface area (Å²) in [5, 5.41) is 7.06. The van der Waals surface area contributed by atoms with Gasteiger partial charge in [0, 0.05) is 43.7 Å². The van der Waals surface area contributed by atoms with E-state index in [1.165, 1.54) is 0 Å². The standard InChI is InChI=1S/C18H25N5OS/c1-15-14-25-18(20-15)21-19-13-16-5-3-4-6-17(16)24-12-11-23-9-7-22(2)8-10-23/h3-6,13-14H,7-12H2,1-2H3,(H,20,21). The van der Waals surface area contributed by atoms with Crippen molar-refractivity contribution in [3.05, 3.63) is 40.9 Å². The van der Waals surface area contributed by atoms with E-state index in [0.717, 1.165) is 54.9 Å². The minimum Gasteiger partial charge on any atom is -0.492 e. The number of aromatic nitrogens is 1. The van der Waals surface area contributed by atoms with Gasteiger partial charge >= 0.3 is 0 Å². The molecule has 1 aliphatic rings. The normalized spacial score (nSPS) is 16.4. The van der Waals surface area contributed by atoms with Crippen LogP contribution < -0.4 is 10.2 Å². The van der Waals surface area contributed by atoms with Crippen LogP contribution in [0.15, 0.2) is 34.7 Å². The molecule has 1 saturated heterocycles. The number of aryl methyl sites for hydroxylation is 1. The second-order valence-electron chi connectivity index (χ2n) is 6.20. The fourth-order valence-corrected chi connectivity index (χ4v) is 3.27. The van der Waals surface area contributed by atoms with E-state index in [4.69, 9.17) is 4.74 Å². The van der Waals surface area contributed by atoms with Crippen LogP contribution in [0.4, 0.5) is 5.13 Å². The fourth-order valence-electron chi connectivity index (χ4n) is 2.64. The van der Waals surface area contributed by atoms with Crippen molar-refractivity contribution in [2.45, 2.75) is 6.92 Å². The first-order valence-corrected chi connectivity index (χ1v) is 9.42. The van der Waals surface area contributed by atoms with Crippen LogP contribution in [0.1, 0.15) is 11.3 Å². The quantitative estimate of drug-likeness (QED) is 0.608. The number of nitrogens with one attached hydrogen (secondary N) is 1. The van der Waals surface area contributed by atoms with E-state index in [0.29, 0.717) is 6.61 Å². The molecule has 0 radical (unpaired) electrons.